The molecule has 2 aromatic carbocycles. The Morgan fingerprint density at radius 3 is 1.36 bits per heavy atom. The predicted molar refractivity (Wildman–Crippen MR) is 143 cm³/mol. The highest BCUT2D eigenvalue weighted by molar-refractivity contribution is 7.19. The van der Waals surface area contributed by atoms with Gasteiger partial charge in [-0.25, -0.2) is 9.59 Å². The standard InChI is InChI=1S/C28H16N2O4S2/c31-27(32)25-19-7-3-1-5-17(19)23(35-25)15-9-11-29-21(13-15)22-14-16(10-12-30-22)24-18-6-2-4-8-20(18)26(36-24)28(33)34/h1-14H,(H,31,32)(H,33,34). The van der Waals surface area contributed by atoms with E-state index in [2.05, 4.69) is 9.97 Å². The van der Waals surface area contributed by atoms with Crippen LogP contribution in [0, 0.1) is 0 Å². The van der Waals surface area contributed by atoms with Crippen LogP contribution in [0.3, 0.4) is 0 Å². The van der Waals surface area contributed by atoms with Gasteiger partial charge in [-0.15, -0.1) is 22.7 Å². The zero-order chi connectivity index (χ0) is 24.8. The summed E-state index contributed by atoms with van der Waals surface area (Å²) in [5.74, 6) is -1.90. The Kier molecular flexibility index (Phi) is 5.32. The van der Waals surface area contributed by atoms with Crippen LogP contribution in [0.2, 0.25) is 0 Å². The van der Waals surface area contributed by atoms with Crippen molar-refractivity contribution in [1.82, 2.24) is 9.97 Å². The number of carbonyl (C=O) groups is 2. The molecule has 0 spiro atoms. The molecular weight excluding hydrogens is 492 g/mol. The second kappa shape index (κ2) is 8.67. The Bertz CT molecular complexity index is 1690. The van der Waals surface area contributed by atoms with Gasteiger partial charge < -0.3 is 10.2 Å². The van der Waals surface area contributed by atoms with Gasteiger partial charge >= 0.3 is 11.9 Å². The Hall–Kier alpha value is -4.40. The van der Waals surface area contributed by atoms with Gasteiger partial charge in [0.2, 0.25) is 0 Å². The van der Waals surface area contributed by atoms with Crippen LogP contribution >= 0.6 is 22.7 Å². The van der Waals surface area contributed by atoms with Gasteiger partial charge in [0, 0.05) is 43.7 Å². The van der Waals surface area contributed by atoms with E-state index in [4.69, 9.17) is 0 Å². The summed E-state index contributed by atoms with van der Waals surface area (Å²) >= 11 is 2.49. The molecule has 36 heavy (non-hydrogen) atoms. The third-order valence-electron chi connectivity index (χ3n) is 5.94. The lowest BCUT2D eigenvalue weighted by Crippen LogP contribution is -1.91. The molecular formula is C28H16N2O4S2. The Morgan fingerprint density at radius 1 is 0.583 bits per heavy atom. The molecule has 4 heterocycles. The molecule has 0 saturated carbocycles. The summed E-state index contributed by atoms with van der Waals surface area (Å²) in [6, 6.07) is 22.5. The topological polar surface area (TPSA) is 100 Å². The number of nitrogens with zero attached hydrogens (tertiary/aromatic N) is 2. The van der Waals surface area contributed by atoms with E-state index in [1.54, 1.807) is 12.4 Å². The lowest BCUT2D eigenvalue weighted by Gasteiger charge is -2.06. The van der Waals surface area contributed by atoms with Crippen molar-refractivity contribution < 1.29 is 19.8 Å². The summed E-state index contributed by atoms with van der Waals surface area (Å²) in [6.07, 6.45) is 3.38. The van der Waals surface area contributed by atoms with Gasteiger partial charge in [0.15, 0.2) is 0 Å². The van der Waals surface area contributed by atoms with E-state index < -0.39 is 11.9 Å². The van der Waals surface area contributed by atoms with Crippen molar-refractivity contribution in [2.45, 2.75) is 0 Å². The van der Waals surface area contributed by atoms with Crippen molar-refractivity contribution in [1.29, 1.82) is 0 Å². The fraction of sp³-hybridized carbons (Fsp3) is 0. The molecule has 0 saturated heterocycles. The normalized spacial score (nSPS) is 11.2. The van der Waals surface area contributed by atoms with Gasteiger partial charge in [0.1, 0.15) is 9.75 Å². The molecule has 2 N–H and O–H groups in total. The summed E-state index contributed by atoms with van der Waals surface area (Å²) in [5, 5.41) is 22.5. The Morgan fingerprint density at radius 2 is 0.972 bits per heavy atom. The zero-order valence-corrected chi connectivity index (χ0v) is 20.1. The Labute approximate surface area is 212 Å². The minimum absolute atomic E-state index is 0.304. The first-order chi connectivity index (χ1) is 17.5. The highest BCUT2D eigenvalue weighted by Crippen LogP contribution is 2.41. The van der Waals surface area contributed by atoms with Crippen molar-refractivity contribution in [3.8, 4) is 32.3 Å². The maximum atomic E-state index is 11.8. The van der Waals surface area contributed by atoms with Gasteiger partial charge in [-0.3, -0.25) is 9.97 Å². The number of benzene rings is 2. The van der Waals surface area contributed by atoms with Crippen LogP contribution in [0.15, 0.2) is 85.2 Å². The molecule has 0 radical (unpaired) electrons. The summed E-state index contributed by atoms with van der Waals surface area (Å²) in [6.45, 7) is 0. The minimum Gasteiger partial charge on any atom is -0.477 e. The SMILES string of the molecule is O=C(O)c1sc(-c2ccnc(-c3cc(-c4sc(C(=O)O)c5ccccc45)ccn3)c2)c2ccccc12. The van der Waals surface area contributed by atoms with Crippen molar-refractivity contribution in [2.24, 2.45) is 0 Å². The van der Waals surface area contributed by atoms with Crippen LogP contribution < -0.4 is 0 Å². The fourth-order valence-corrected chi connectivity index (χ4v) is 6.58. The number of carboxylic acid groups (broad SMARTS) is 2. The summed E-state index contributed by atoms with van der Waals surface area (Å²) in [4.78, 5) is 35.0. The molecule has 0 unspecified atom stereocenters. The number of hydrogen-bond acceptors (Lipinski definition) is 6. The van der Waals surface area contributed by atoms with Crippen LogP contribution in [-0.4, -0.2) is 32.1 Å². The van der Waals surface area contributed by atoms with Crippen molar-refractivity contribution in [3.05, 3.63) is 94.9 Å². The first kappa shape index (κ1) is 22.1. The molecule has 6 rings (SSSR count). The first-order valence-electron chi connectivity index (χ1n) is 10.9. The smallest absolute Gasteiger partial charge is 0.346 e. The average molecular weight is 509 g/mol. The summed E-state index contributed by atoms with van der Waals surface area (Å²) in [7, 11) is 0. The minimum atomic E-state index is -0.949. The molecule has 0 atom stereocenters. The second-order valence-electron chi connectivity index (χ2n) is 8.08. The molecule has 0 aliphatic carbocycles. The lowest BCUT2D eigenvalue weighted by atomic mass is 10.0. The Balaban J connectivity index is 1.47. The molecule has 0 bridgehead atoms. The van der Waals surface area contributed by atoms with Crippen molar-refractivity contribution in [3.63, 3.8) is 0 Å². The molecule has 6 aromatic rings. The summed E-state index contributed by atoms with van der Waals surface area (Å²) < 4.78 is 0. The number of carboxylic acids is 2. The van der Waals surface area contributed by atoms with Gasteiger partial charge in [0.05, 0.1) is 11.4 Å². The number of thiophene rings is 2. The molecule has 6 nitrogen and oxygen atoms in total. The number of fused-ring (bicyclic) bond motifs is 2. The quantitative estimate of drug-likeness (QED) is 0.253. The number of aromatic carboxylic acids is 2. The van der Waals surface area contributed by atoms with Gasteiger partial charge in [-0.2, -0.15) is 0 Å². The lowest BCUT2D eigenvalue weighted by molar-refractivity contribution is 0.0693. The van der Waals surface area contributed by atoms with Crippen LogP contribution in [0.5, 0.6) is 0 Å². The van der Waals surface area contributed by atoms with Crippen molar-refractivity contribution >= 4 is 56.2 Å². The fourth-order valence-electron chi connectivity index (χ4n) is 4.35. The van der Waals surface area contributed by atoms with E-state index in [0.717, 1.165) is 31.7 Å². The first-order valence-corrected chi connectivity index (χ1v) is 12.6. The van der Waals surface area contributed by atoms with E-state index in [1.807, 2.05) is 72.8 Å². The highest BCUT2D eigenvalue weighted by atomic mass is 32.1. The second-order valence-corrected chi connectivity index (χ2v) is 10.1. The van der Waals surface area contributed by atoms with E-state index in [-0.39, 0.29) is 0 Å². The number of pyridine rings is 2. The maximum Gasteiger partial charge on any atom is 0.346 e. The van der Waals surface area contributed by atoms with Crippen LogP contribution in [0.1, 0.15) is 19.3 Å². The van der Waals surface area contributed by atoms with Gasteiger partial charge in [-0.1, -0.05) is 48.5 Å². The largest absolute Gasteiger partial charge is 0.477 e. The number of rotatable bonds is 5. The predicted octanol–water partition coefficient (Wildman–Crippen LogP) is 7.30. The van der Waals surface area contributed by atoms with Crippen LogP contribution in [-0.2, 0) is 0 Å². The van der Waals surface area contributed by atoms with Crippen LogP contribution in [0.25, 0.3) is 53.8 Å². The zero-order valence-electron chi connectivity index (χ0n) is 18.5. The average Bonchev–Trinajstić information content (AvgIpc) is 3.49. The molecule has 0 amide bonds. The van der Waals surface area contributed by atoms with E-state index in [1.165, 1.54) is 22.7 Å². The van der Waals surface area contributed by atoms with E-state index >= 15 is 0 Å². The van der Waals surface area contributed by atoms with Crippen LogP contribution in [0.4, 0.5) is 0 Å². The monoisotopic (exact) mass is 508 g/mol. The molecule has 0 aliphatic rings. The highest BCUT2D eigenvalue weighted by Gasteiger charge is 2.19. The van der Waals surface area contributed by atoms with E-state index in [9.17, 15) is 19.8 Å². The number of aromatic nitrogens is 2. The molecule has 4 aromatic heterocycles. The third-order valence-corrected chi connectivity index (χ3v) is 8.45. The third kappa shape index (κ3) is 3.64. The van der Waals surface area contributed by atoms with Crippen molar-refractivity contribution in [2.75, 3.05) is 0 Å². The van der Waals surface area contributed by atoms with Gasteiger partial charge in [0.25, 0.3) is 0 Å². The summed E-state index contributed by atoms with van der Waals surface area (Å²) in [5.41, 5.74) is 3.00. The van der Waals surface area contributed by atoms with Gasteiger partial charge in [-0.05, 0) is 35.4 Å². The maximum absolute atomic E-state index is 11.8. The molecule has 0 aliphatic heterocycles. The number of hydrogen-bond donors (Lipinski definition) is 2. The molecule has 0 fully saturated rings. The molecule has 8 heteroatoms. The molecule has 174 valence electrons. The van der Waals surface area contributed by atoms with E-state index in [0.29, 0.717) is 31.9 Å².